The third-order valence-electron chi connectivity index (χ3n) is 3.16. The Morgan fingerprint density at radius 3 is 2.78 bits per heavy atom. The zero-order valence-electron chi connectivity index (χ0n) is 10.6. The van der Waals surface area contributed by atoms with Gasteiger partial charge in [-0.3, -0.25) is 9.11 Å². The lowest BCUT2D eigenvalue weighted by molar-refractivity contribution is 0.287. The van der Waals surface area contributed by atoms with Gasteiger partial charge in [0.05, 0.1) is 0 Å². The molecule has 0 spiro atoms. The van der Waals surface area contributed by atoms with E-state index in [4.69, 9.17) is 0 Å². The normalized spacial score (nSPS) is 18.1. The molecule has 1 N–H and O–H groups in total. The molecule has 0 atom stereocenters. The number of nitrogens with zero attached hydrogens (tertiary/aromatic N) is 1. The number of halogens is 1. The highest BCUT2D eigenvalue weighted by Crippen LogP contribution is 2.14. The summed E-state index contributed by atoms with van der Waals surface area (Å²) in [5.41, 5.74) is 1.82. The quantitative estimate of drug-likeness (QED) is 0.889. The Morgan fingerprint density at radius 1 is 1.39 bits per heavy atom. The lowest BCUT2D eigenvalue weighted by Gasteiger charge is -2.26. The summed E-state index contributed by atoms with van der Waals surface area (Å²) in [6.07, 6.45) is 0. The summed E-state index contributed by atoms with van der Waals surface area (Å²) in [5, 5.41) is 3.06. The Balaban J connectivity index is 2.03. The van der Waals surface area contributed by atoms with Crippen molar-refractivity contribution in [2.24, 2.45) is 0 Å². The van der Waals surface area contributed by atoms with Gasteiger partial charge >= 0.3 is 0 Å². The molecule has 1 fully saturated rings. The van der Waals surface area contributed by atoms with Crippen molar-refractivity contribution in [1.29, 1.82) is 0 Å². The van der Waals surface area contributed by atoms with Crippen molar-refractivity contribution < 1.29 is 8.60 Å². The average molecular weight is 270 g/mol. The van der Waals surface area contributed by atoms with Crippen LogP contribution in [-0.2, 0) is 23.9 Å². The first-order valence-electron chi connectivity index (χ1n) is 6.18. The van der Waals surface area contributed by atoms with E-state index in [0.29, 0.717) is 18.1 Å². The Hall–Kier alpha value is -0.780. The molecule has 0 aliphatic carbocycles. The van der Waals surface area contributed by atoms with Gasteiger partial charge in [-0.15, -0.1) is 0 Å². The van der Waals surface area contributed by atoms with Crippen LogP contribution in [0.5, 0.6) is 0 Å². The predicted molar refractivity (Wildman–Crippen MR) is 72.3 cm³/mol. The van der Waals surface area contributed by atoms with E-state index in [0.717, 1.165) is 30.8 Å². The number of nitrogens with one attached hydrogen (secondary N) is 1. The van der Waals surface area contributed by atoms with Gasteiger partial charge in [0.15, 0.2) is 0 Å². The molecule has 0 unspecified atom stereocenters. The maximum atomic E-state index is 13.7. The van der Waals surface area contributed by atoms with Crippen LogP contribution in [0.4, 0.5) is 4.39 Å². The molecule has 3 nitrogen and oxygen atoms in total. The number of rotatable bonds is 4. The van der Waals surface area contributed by atoms with Crippen molar-refractivity contribution in [3.05, 3.63) is 35.1 Å². The van der Waals surface area contributed by atoms with Gasteiger partial charge in [-0.25, -0.2) is 4.39 Å². The van der Waals surface area contributed by atoms with Crippen molar-refractivity contribution in [1.82, 2.24) is 10.2 Å². The molecule has 2 rings (SSSR count). The van der Waals surface area contributed by atoms with E-state index in [1.165, 1.54) is 6.07 Å². The minimum absolute atomic E-state index is 0.151. The van der Waals surface area contributed by atoms with Gasteiger partial charge in [0.25, 0.3) is 0 Å². The minimum atomic E-state index is -0.677. The lowest BCUT2D eigenvalue weighted by atomic mass is 10.1. The Labute approximate surface area is 110 Å². The predicted octanol–water partition coefficient (Wildman–Crippen LogP) is 1.11. The number of hydrogen-bond acceptors (Lipinski definition) is 3. The Bertz CT molecular complexity index is 429. The second-order valence-electron chi connectivity index (χ2n) is 4.58. The second-order valence-corrected chi connectivity index (χ2v) is 6.28. The summed E-state index contributed by atoms with van der Waals surface area (Å²) in [5.74, 6) is 1.26. The molecule has 100 valence electrons. The summed E-state index contributed by atoms with van der Waals surface area (Å²) in [6.45, 7) is 2.95. The molecular weight excluding hydrogens is 251 g/mol. The van der Waals surface area contributed by atoms with Crippen LogP contribution in [0.1, 0.15) is 11.1 Å². The molecule has 1 aromatic carbocycles. The smallest absolute Gasteiger partial charge is 0.127 e. The maximum absolute atomic E-state index is 13.7. The zero-order chi connectivity index (χ0) is 13.0. The Kier molecular flexibility index (Phi) is 4.86. The van der Waals surface area contributed by atoms with E-state index in [-0.39, 0.29) is 5.82 Å². The third kappa shape index (κ3) is 3.60. The van der Waals surface area contributed by atoms with Crippen molar-refractivity contribution in [2.45, 2.75) is 13.1 Å². The molecule has 0 aromatic heterocycles. The first kappa shape index (κ1) is 13.6. The third-order valence-corrected chi connectivity index (χ3v) is 4.43. The van der Waals surface area contributed by atoms with Gasteiger partial charge in [0, 0.05) is 54.0 Å². The topological polar surface area (TPSA) is 32.3 Å². The fourth-order valence-electron chi connectivity index (χ4n) is 2.14. The van der Waals surface area contributed by atoms with Crippen LogP contribution in [0.25, 0.3) is 0 Å². The first-order valence-corrected chi connectivity index (χ1v) is 7.67. The SMILES string of the molecule is CNCc1ccc(F)c(CN2CCS(=O)CC2)c1. The van der Waals surface area contributed by atoms with E-state index in [9.17, 15) is 8.60 Å². The molecule has 1 aromatic rings. The molecule has 0 saturated carbocycles. The molecule has 0 amide bonds. The summed E-state index contributed by atoms with van der Waals surface area (Å²) in [4.78, 5) is 2.17. The summed E-state index contributed by atoms with van der Waals surface area (Å²) >= 11 is 0. The number of benzene rings is 1. The van der Waals surface area contributed by atoms with Crippen molar-refractivity contribution >= 4 is 10.8 Å². The van der Waals surface area contributed by atoms with Crippen LogP contribution in [0.3, 0.4) is 0 Å². The highest BCUT2D eigenvalue weighted by Gasteiger charge is 2.16. The largest absolute Gasteiger partial charge is 0.316 e. The van der Waals surface area contributed by atoms with Crippen LogP contribution in [0.2, 0.25) is 0 Å². The maximum Gasteiger partial charge on any atom is 0.127 e. The van der Waals surface area contributed by atoms with Crippen LogP contribution in [0.15, 0.2) is 18.2 Å². The van der Waals surface area contributed by atoms with E-state index in [1.54, 1.807) is 6.07 Å². The molecule has 0 bridgehead atoms. The van der Waals surface area contributed by atoms with E-state index >= 15 is 0 Å². The molecule has 5 heteroatoms. The van der Waals surface area contributed by atoms with Gasteiger partial charge in [-0.2, -0.15) is 0 Å². The van der Waals surface area contributed by atoms with Gasteiger partial charge in [-0.1, -0.05) is 12.1 Å². The monoisotopic (exact) mass is 270 g/mol. The van der Waals surface area contributed by atoms with Crippen molar-refractivity contribution in [2.75, 3.05) is 31.6 Å². The van der Waals surface area contributed by atoms with Crippen LogP contribution in [0, 0.1) is 5.82 Å². The summed E-state index contributed by atoms with van der Waals surface area (Å²) < 4.78 is 25.0. The molecule has 1 aliphatic heterocycles. The average Bonchev–Trinajstić information content (AvgIpc) is 2.36. The molecule has 1 aliphatic rings. The van der Waals surface area contributed by atoms with Crippen LogP contribution >= 0.6 is 0 Å². The number of hydrogen-bond donors (Lipinski definition) is 1. The van der Waals surface area contributed by atoms with Gasteiger partial charge < -0.3 is 5.32 Å². The van der Waals surface area contributed by atoms with Gasteiger partial charge in [-0.05, 0) is 18.7 Å². The highest BCUT2D eigenvalue weighted by molar-refractivity contribution is 7.85. The lowest BCUT2D eigenvalue weighted by Crippen LogP contribution is -2.37. The molecule has 1 saturated heterocycles. The van der Waals surface area contributed by atoms with E-state index in [1.807, 2.05) is 13.1 Å². The summed E-state index contributed by atoms with van der Waals surface area (Å²) in [7, 11) is 1.20. The molecule has 0 radical (unpaired) electrons. The Morgan fingerprint density at radius 2 is 2.11 bits per heavy atom. The van der Waals surface area contributed by atoms with Gasteiger partial charge in [0.2, 0.25) is 0 Å². The molecule has 1 heterocycles. The second kappa shape index (κ2) is 6.41. The van der Waals surface area contributed by atoms with Crippen molar-refractivity contribution in [3.63, 3.8) is 0 Å². The van der Waals surface area contributed by atoms with Crippen molar-refractivity contribution in [3.8, 4) is 0 Å². The molecular formula is C13H19FN2OS. The van der Waals surface area contributed by atoms with Crippen LogP contribution < -0.4 is 5.32 Å². The zero-order valence-corrected chi connectivity index (χ0v) is 11.4. The summed E-state index contributed by atoms with van der Waals surface area (Å²) in [6, 6.07) is 5.25. The first-order chi connectivity index (χ1) is 8.69. The standard InChI is InChI=1S/C13H19FN2OS/c1-15-9-11-2-3-13(14)12(8-11)10-16-4-6-18(17)7-5-16/h2-3,8,15H,4-7,9-10H2,1H3. The fourth-order valence-corrected chi connectivity index (χ4v) is 3.27. The van der Waals surface area contributed by atoms with E-state index < -0.39 is 10.8 Å². The minimum Gasteiger partial charge on any atom is -0.316 e. The molecule has 18 heavy (non-hydrogen) atoms. The highest BCUT2D eigenvalue weighted by atomic mass is 32.2. The van der Waals surface area contributed by atoms with E-state index in [2.05, 4.69) is 10.2 Å². The fraction of sp³-hybridized carbons (Fsp3) is 0.538. The van der Waals surface area contributed by atoms with Gasteiger partial charge in [0.1, 0.15) is 5.82 Å². The van der Waals surface area contributed by atoms with Crippen LogP contribution in [-0.4, -0.2) is 40.8 Å².